The van der Waals surface area contributed by atoms with Gasteiger partial charge in [0.05, 0.1) is 0 Å². The number of rotatable bonds is 5. The van der Waals surface area contributed by atoms with Crippen LogP contribution in [0.2, 0.25) is 0 Å². The zero-order valence-corrected chi connectivity index (χ0v) is 13.2. The Labute approximate surface area is 136 Å². The molecular weight excluding hydrogens is 292 g/mol. The Kier molecular flexibility index (Phi) is 4.74. The fraction of sp³-hybridized carbons (Fsp3) is 0.500. The van der Waals surface area contributed by atoms with E-state index in [0.29, 0.717) is 25.3 Å². The van der Waals surface area contributed by atoms with E-state index in [-0.39, 0.29) is 30.2 Å². The molecule has 5 nitrogen and oxygen atoms in total. The molecule has 1 aliphatic heterocycles. The topological polar surface area (TPSA) is 66.5 Å². The maximum Gasteiger partial charge on any atom is 0.229 e. The number of hydrogen-bond donors (Lipinski definition) is 1. The van der Waals surface area contributed by atoms with Crippen LogP contribution < -0.4 is 5.32 Å². The lowest BCUT2D eigenvalue weighted by atomic mass is 9.96. The Morgan fingerprint density at radius 3 is 2.48 bits per heavy atom. The third kappa shape index (κ3) is 3.60. The second-order valence-corrected chi connectivity index (χ2v) is 6.35. The van der Waals surface area contributed by atoms with Gasteiger partial charge in [-0.15, -0.1) is 0 Å². The number of imide groups is 1. The largest absolute Gasteiger partial charge is 0.354 e. The van der Waals surface area contributed by atoms with Crippen molar-refractivity contribution >= 4 is 17.7 Å². The number of carbonyl (C=O) groups excluding carboxylic acids is 3. The number of nitrogens with zero attached hydrogens (tertiary/aromatic N) is 1. The second-order valence-electron chi connectivity index (χ2n) is 6.35. The summed E-state index contributed by atoms with van der Waals surface area (Å²) in [4.78, 5) is 36.5. The molecule has 2 atom stereocenters. The molecule has 1 N–H and O–H groups in total. The second kappa shape index (κ2) is 6.94. The molecular formula is C18H22N2O3. The molecule has 2 fully saturated rings. The van der Waals surface area contributed by atoms with Gasteiger partial charge in [0, 0.05) is 31.8 Å². The maximum absolute atomic E-state index is 12.3. The number of hydrogen-bond acceptors (Lipinski definition) is 3. The minimum absolute atomic E-state index is 0.0326. The number of carbonyl (C=O) groups is 3. The van der Waals surface area contributed by atoms with E-state index in [1.807, 2.05) is 18.2 Å². The quantitative estimate of drug-likeness (QED) is 0.843. The molecule has 1 saturated carbocycles. The highest BCUT2D eigenvalue weighted by molar-refractivity contribution is 6.01. The van der Waals surface area contributed by atoms with E-state index in [1.165, 1.54) is 10.5 Å². The summed E-state index contributed by atoms with van der Waals surface area (Å²) in [5.41, 5.74) is 1.30. The number of amides is 3. The molecule has 1 aliphatic carbocycles. The van der Waals surface area contributed by atoms with Crippen LogP contribution in [0.1, 0.15) is 43.6 Å². The van der Waals surface area contributed by atoms with Crippen LogP contribution in [0.3, 0.4) is 0 Å². The van der Waals surface area contributed by atoms with Crippen LogP contribution >= 0.6 is 0 Å². The van der Waals surface area contributed by atoms with Gasteiger partial charge in [0.25, 0.3) is 0 Å². The van der Waals surface area contributed by atoms with Crippen LogP contribution in [-0.2, 0) is 14.4 Å². The number of nitrogens with one attached hydrogen (secondary N) is 1. The average Bonchev–Trinajstić information content (AvgIpc) is 3.18. The first-order valence-electron chi connectivity index (χ1n) is 8.31. The van der Waals surface area contributed by atoms with E-state index in [9.17, 15) is 14.4 Å². The molecule has 1 aromatic rings. The van der Waals surface area contributed by atoms with Crippen LogP contribution in [0.15, 0.2) is 30.3 Å². The fourth-order valence-electron chi connectivity index (χ4n) is 3.56. The van der Waals surface area contributed by atoms with E-state index in [4.69, 9.17) is 0 Å². The van der Waals surface area contributed by atoms with Crippen molar-refractivity contribution in [3.05, 3.63) is 35.9 Å². The molecule has 0 bridgehead atoms. The lowest BCUT2D eigenvalue weighted by Crippen LogP contribution is -2.39. The molecule has 3 amide bonds. The molecule has 1 heterocycles. The first-order chi connectivity index (χ1) is 11.1. The van der Waals surface area contributed by atoms with E-state index in [2.05, 4.69) is 17.4 Å². The smallest absolute Gasteiger partial charge is 0.229 e. The fourth-order valence-corrected chi connectivity index (χ4v) is 3.56. The van der Waals surface area contributed by atoms with Crippen LogP contribution in [0.4, 0.5) is 0 Å². The van der Waals surface area contributed by atoms with Gasteiger partial charge in [-0.05, 0) is 30.7 Å². The molecule has 5 heteroatoms. The van der Waals surface area contributed by atoms with Crippen molar-refractivity contribution < 1.29 is 14.4 Å². The third-order valence-electron chi connectivity index (χ3n) is 4.86. The highest BCUT2D eigenvalue weighted by Gasteiger charge is 2.31. The predicted octanol–water partition coefficient (Wildman–Crippen LogP) is 1.84. The minimum Gasteiger partial charge on any atom is -0.354 e. The lowest BCUT2D eigenvalue weighted by molar-refractivity contribution is -0.138. The van der Waals surface area contributed by atoms with Crippen LogP contribution in [0, 0.1) is 5.92 Å². The van der Waals surface area contributed by atoms with Crippen molar-refractivity contribution in [1.29, 1.82) is 0 Å². The summed E-state index contributed by atoms with van der Waals surface area (Å²) in [6.45, 7) is 0.640. The van der Waals surface area contributed by atoms with Gasteiger partial charge in [-0.25, -0.2) is 0 Å². The highest BCUT2D eigenvalue weighted by atomic mass is 16.2. The van der Waals surface area contributed by atoms with E-state index in [0.717, 1.165) is 19.3 Å². The summed E-state index contributed by atoms with van der Waals surface area (Å²) in [6.07, 6.45) is 3.40. The molecule has 0 spiro atoms. The van der Waals surface area contributed by atoms with Crippen molar-refractivity contribution in [1.82, 2.24) is 10.2 Å². The van der Waals surface area contributed by atoms with Crippen molar-refractivity contribution in [2.75, 3.05) is 13.1 Å². The first-order valence-corrected chi connectivity index (χ1v) is 8.31. The monoisotopic (exact) mass is 314 g/mol. The van der Waals surface area contributed by atoms with E-state index < -0.39 is 0 Å². The van der Waals surface area contributed by atoms with Crippen molar-refractivity contribution in [3.8, 4) is 0 Å². The Morgan fingerprint density at radius 2 is 1.78 bits per heavy atom. The molecule has 0 radical (unpaired) electrons. The van der Waals surface area contributed by atoms with Gasteiger partial charge in [0.15, 0.2) is 0 Å². The molecule has 0 aromatic heterocycles. The Balaban J connectivity index is 1.44. The maximum atomic E-state index is 12.3. The summed E-state index contributed by atoms with van der Waals surface area (Å²) in [7, 11) is 0. The first kappa shape index (κ1) is 15.7. The summed E-state index contributed by atoms with van der Waals surface area (Å²) < 4.78 is 0. The van der Waals surface area contributed by atoms with Gasteiger partial charge < -0.3 is 5.32 Å². The summed E-state index contributed by atoms with van der Waals surface area (Å²) in [6, 6.07) is 10.3. The molecule has 2 unspecified atom stereocenters. The van der Waals surface area contributed by atoms with Gasteiger partial charge in [0.2, 0.25) is 17.7 Å². The van der Waals surface area contributed by atoms with Crippen molar-refractivity contribution in [3.63, 3.8) is 0 Å². The zero-order valence-electron chi connectivity index (χ0n) is 13.2. The van der Waals surface area contributed by atoms with Gasteiger partial charge in [-0.3, -0.25) is 19.3 Å². The molecule has 23 heavy (non-hydrogen) atoms. The Bertz CT molecular complexity index is 584. The number of likely N-dealkylation sites (tertiary alicyclic amines) is 1. The molecule has 122 valence electrons. The van der Waals surface area contributed by atoms with Crippen LogP contribution in [0.25, 0.3) is 0 Å². The SMILES string of the molecule is O=C(NCCN1C(=O)CCC1=O)C1CCC(c2ccccc2)C1. The minimum atomic E-state index is -0.130. The Hall–Kier alpha value is -2.17. The predicted molar refractivity (Wildman–Crippen MR) is 85.5 cm³/mol. The van der Waals surface area contributed by atoms with Crippen LogP contribution in [0.5, 0.6) is 0 Å². The molecule has 3 rings (SSSR count). The summed E-state index contributed by atoms with van der Waals surface area (Å²) in [5.74, 6) is 0.268. The average molecular weight is 314 g/mol. The van der Waals surface area contributed by atoms with Gasteiger partial charge in [-0.1, -0.05) is 30.3 Å². The lowest BCUT2D eigenvalue weighted by Gasteiger charge is -2.16. The molecule has 2 aliphatic rings. The van der Waals surface area contributed by atoms with Gasteiger partial charge in [-0.2, -0.15) is 0 Å². The highest BCUT2D eigenvalue weighted by Crippen LogP contribution is 2.38. The standard InChI is InChI=1S/C18H22N2O3/c21-16-8-9-17(22)20(16)11-10-19-18(23)15-7-6-14(12-15)13-4-2-1-3-5-13/h1-5,14-15H,6-12H2,(H,19,23). The van der Waals surface area contributed by atoms with Gasteiger partial charge in [0.1, 0.15) is 0 Å². The Morgan fingerprint density at radius 1 is 1.09 bits per heavy atom. The number of benzene rings is 1. The van der Waals surface area contributed by atoms with Crippen molar-refractivity contribution in [2.24, 2.45) is 5.92 Å². The van der Waals surface area contributed by atoms with Crippen molar-refractivity contribution in [2.45, 2.75) is 38.0 Å². The molecule has 1 saturated heterocycles. The van der Waals surface area contributed by atoms with Gasteiger partial charge >= 0.3 is 0 Å². The summed E-state index contributed by atoms with van der Waals surface area (Å²) >= 11 is 0. The van der Waals surface area contributed by atoms with Crippen LogP contribution in [-0.4, -0.2) is 35.7 Å². The summed E-state index contributed by atoms with van der Waals surface area (Å²) in [5, 5.41) is 2.88. The normalized spacial score (nSPS) is 24.3. The molecule has 1 aromatic carbocycles. The zero-order chi connectivity index (χ0) is 16.2. The van der Waals surface area contributed by atoms with E-state index >= 15 is 0 Å². The third-order valence-corrected chi connectivity index (χ3v) is 4.86. The van der Waals surface area contributed by atoms with E-state index in [1.54, 1.807) is 0 Å².